The van der Waals surface area contributed by atoms with E-state index in [1.54, 1.807) is 18.2 Å². The summed E-state index contributed by atoms with van der Waals surface area (Å²) >= 11 is 0. The first kappa shape index (κ1) is 21.9. The fourth-order valence-corrected chi connectivity index (χ4v) is 3.59. The van der Waals surface area contributed by atoms with Gasteiger partial charge in [0.05, 0.1) is 11.4 Å². The molecule has 0 fully saturated rings. The summed E-state index contributed by atoms with van der Waals surface area (Å²) in [6.07, 6.45) is 0. The van der Waals surface area contributed by atoms with Crippen LogP contribution in [0.1, 0.15) is 36.5 Å². The maximum absolute atomic E-state index is 12.0. The maximum Gasteiger partial charge on any atom is 0.240 e. The van der Waals surface area contributed by atoms with Crippen molar-refractivity contribution in [3.63, 3.8) is 0 Å². The van der Waals surface area contributed by atoms with E-state index >= 15 is 0 Å². The summed E-state index contributed by atoms with van der Waals surface area (Å²) in [7, 11) is -2.05. The van der Waals surface area contributed by atoms with Crippen LogP contribution in [0.5, 0.6) is 0 Å². The lowest BCUT2D eigenvalue weighted by atomic mass is 9.99. The minimum atomic E-state index is -3.45. The molecule has 0 aliphatic carbocycles. The van der Waals surface area contributed by atoms with Gasteiger partial charge in [-0.25, -0.2) is 18.1 Å². The second kappa shape index (κ2) is 10.2. The van der Waals surface area contributed by atoms with Crippen molar-refractivity contribution in [2.24, 2.45) is 4.99 Å². The lowest BCUT2D eigenvalue weighted by Gasteiger charge is -2.16. The van der Waals surface area contributed by atoms with E-state index in [0.29, 0.717) is 18.4 Å². The van der Waals surface area contributed by atoms with E-state index in [0.717, 1.165) is 18.7 Å². The molecular formula is C21H30N4O2S. The lowest BCUT2D eigenvalue weighted by molar-refractivity contribution is 0.588. The molecule has 0 amide bonds. The molecule has 0 aromatic heterocycles. The number of sulfonamides is 1. The molecule has 0 aliphatic rings. The van der Waals surface area contributed by atoms with Crippen LogP contribution in [0.4, 0.5) is 0 Å². The van der Waals surface area contributed by atoms with E-state index in [1.807, 2.05) is 13.0 Å². The summed E-state index contributed by atoms with van der Waals surface area (Å²) in [6, 6.07) is 15.3. The van der Waals surface area contributed by atoms with Gasteiger partial charge in [0.2, 0.25) is 10.0 Å². The third kappa shape index (κ3) is 6.35. The van der Waals surface area contributed by atoms with Crippen molar-refractivity contribution in [3.05, 3.63) is 65.2 Å². The van der Waals surface area contributed by atoms with Crippen molar-refractivity contribution in [3.8, 4) is 0 Å². The number of nitrogens with one attached hydrogen (secondary N) is 3. The Labute approximate surface area is 168 Å². The SMILES string of the molecule is CCNC(=NCc1cccc(S(=O)(=O)NC)c1)NCC(C)c1cccc(C)c1. The molecule has 3 N–H and O–H groups in total. The van der Waals surface area contributed by atoms with Gasteiger partial charge in [0.15, 0.2) is 5.96 Å². The van der Waals surface area contributed by atoms with Gasteiger partial charge in [0, 0.05) is 13.1 Å². The Morgan fingerprint density at radius 3 is 2.54 bits per heavy atom. The summed E-state index contributed by atoms with van der Waals surface area (Å²) in [5, 5.41) is 6.61. The third-order valence-corrected chi connectivity index (χ3v) is 5.84. The van der Waals surface area contributed by atoms with Crippen LogP contribution in [-0.4, -0.2) is 34.5 Å². The van der Waals surface area contributed by atoms with E-state index in [2.05, 4.69) is 58.5 Å². The van der Waals surface area contributed by atoms with E-state index in [9.17, 15) is 8.42 Å². The van der Waals surface area contributed by atoms with Crippen molar-refractivity contribution in [2.75, 3.05) is 20.1 Å². The summed E-state index contributed by atoms with van der Waals surface area (Å²) in [5.74, 6) is 1.05. The quantitative estimate of drug-likeness (QED) is 0.468. The van der Waals surface area contributed by atoms with Crippen molar-refractivity contribution in [1.82, 2.24) is 15.4 Å². The smallest absolute Gasteiger partial charge is 0.240 e. The van der Waals surface area contributed by atoms with Crippen LogP contribution in [0, 0.1) is 6.92 Å². The van der Waals surface area contributed by atoms with Gasteiger partial charge in [-0.1, -0.05) is 48.9 Å². The number of aryl methyl sites for hydroxylation is 1. The Morgan fingerprint density at radius 1 is 1.11 bits per heavy atom. The first-order chi connectivity index (χ1) is 13.4. The zero-order valence-corrected chi connectivity index (χ0v) is 17.8. The molecule has 6 nitrogen and oxygen atoms in total. The van der Waals surface area contributed by atoms with Gasteiger partial charge in [-0.2, -0.15) is 0 Å². The van der Waals surface area contributed by atoms with Gasteiger partial charge >= 0.3 is 0 Å². The monoisotopic (exact) mass is 402 g/mol. The minimum absolute atomic E-state index is 0.244. The van der Waals surface area contributed by atoms with Crippen LogP contribution < -0.4 is 15.4 Å². The number of aliphatic imine (C=N–C) groups is 1. The lowest BCUT2D eigenvalue weighted by Crippen LogP contribution is -2.39. The van der Waals surface area contributed by atoms with Crippen LogP contribution in [-0.2, 0) is 16.6 Å². The summed E-state index contributed by atoms with van der Waals surface area (Å²) in [4.78, 5) is 4.84. The Kier molecular flexibility index (Phi) is 8.02. The highest BCUT2D eigenvalue weighted by atomic mass is 32.2. The van der Waals surface area contributed by atoms with E-state index in [-0.39, 0.29) is 4.90 Å². The minimum Gasteiger partial charge on any atom is -0.357 e. The first-order valence-electron chi connectivity index (χ1n) is 9.47. The molecule has 7 heteroatoms. The topological polar surface area (TPSA) is 82.6 Å². The van der Waals surface area contributed by atoms with Crippen molar-refractivity contribution in [1.29, 1.82) is 0 Å². The molecule has 0 aliphatic heterocycles. The molecular weight excluding hydrogens is 372 g/mol. The Balaban J connectivity index is 2.05. The molecule has 0 radical (unpaired) electrons. The highest BCUT2D eigenvalue weighted by Crippen LogP contribution is 2.15. The van der Waals surface area contributed by atoms with E-state index in [1.165, 1.54) is 18.2 Å². The molecule has 2 rings (SSSR count). The zero-order chi connectivity index (χ0) is 20.6. The number of benzene rings is 2. The third-order valence-electron chi connectivity index (χ3n) is 4.43. The van der Waals surface area contributed by atoms with E-state index in [4.69, 9.17) is 0 Å². The summed E-state index contributed by atoms with van der Waals surface area (Å²) in [5.41, 5.74) is 3.37. The van der Waals surface area contributed by atoms with Gasteiger partial charge in [0.1, 0.15) is 0 Å². The number of hydrogen-bond acceptors (Lipinski definition) is 3. The number of guanidine groups is 1. The van der Waals surface area contributed by atoms with Gasteiger partial charge in [-0.3, -0.25) is 0 Å². The van der Waals surface area contributed by atoms with Crippen LogP contribution in [0.15, 0.2) is 58.4 Å². The van der Waals surface area contributed by atoms with Crippen molar-refractivity contribution in [2.45, 2.75) is 38.1 Å². The second-order valence-electron chi connectivity index (χ2n) is 6.75. The van der Waals surface area contributed by atoms with Gasteiger partial charge in [-0.05, 0) is 50.1 Å². The summed E-state index contributed by atoms with van der Waals surface area (Å²) < 4.78 is 26.3. The average Bonchev–Trinajstić information content (AvgIpc) is 2.70. The van der Waals surface area contributed by atoms with Crippen LogP contribution >= 0.6 is 0 Å². The fourth-order valence-electron chi connectivity index (χ4n) is 2.79. The fraction of sp³-hybridized carbons (Fsp3) is 0.381. The number of rotatable bonds is 8. The molecule has 1 atom stereocenters. The molecule has 152 valence electrons. The molecule has 2 aromatic carbocycles. The molecule has 0 saturated heterocycles. The number of nitrogens with zero attached hydrogens (tertiary/aromatic N) is 1. The normalized spacial score (nSPS) is 13.2. The van der Waals surface area contributed by atoms with Crippen molar-refractivity contribution >= 4 is 16.0 Å². The van der Waals surface area contributed by atoms with E-state index < -0.39 is 10.0 Å². The first-order valence-corrected chi connectivity index (χ1v) is 10.9. The van der Waals surface area contributed by atoms with Crippen LogP contribution in [0.2, 0.25) is 0 Å². The Hall–Kier alpha value is -2.38. The standard InChI is InChI=1S/C21H30N4O2S/c1-5-23-21(24-14-17(3)19-10-6-8-16(2)12-19)25-15-18-9-7-11-20(13-18)28(26,27)22-4/h6-13,17,22H,5,14-15H2,1-4H3,(H2,23,24,25). The predicted octanol–water partition coefficient (Wildman–Crippen LogP) is 2.76. The van der Waals surface area contributed by atoms with Gasteiger partial charge < -0.3 is 10.6 Å². The Bertz CT molecular complexity index is 910. The largest absolute Gasteiger partial charge is 0.357 e. The molecule has 2 aromatic rings. The van der Waals surface area contributed by atoms with Crippen LogP contribution in [0.25, 0.3) is 0 Å². The highest BCUT2D eigenvalue weighted by Gasteiger charge is 2.11. The number of hydrogen-bond donors (Lipinski definition) is 3. The summed E-state index contributed by atoms with van der Waals surface area (Å²) in [6.45, 7) is 8.18. The Morgan fingerprint density at radius 2 is 1.86 bits per heavy atom. The molecule has 0 spiro atoms. The molecule has 0 saturated carbocycles. The van der Waals surface area contributed by atoms with Gasteiger partial charge in [0.25, 0.3) is 0 Å². The zero-order valence-electron chi connectivity index (χ0n) is 17.0. The highest BCUT2D eigenvalue weighted by molar-refractivity contribution is 7.89. The molecule has 0 bridgehead atoms. The second-order valence-corrected chi connectivity index (χ2v) is 8.63. The predicted molar refractivity (Wildman–Crippen MR) is 115 cm³/mol. The van der Waals surface area contributed by atoms with Crippen molar-refractivity contribution < 1.29 is 8.42 Å². The molecule has 1 unspecified atom stereocenters. The average molecular weight is 403 g/mol. The van der Waals surface area contributed by atoms with Crippen LogP contribution in [0.3, 0.4) is 0 Å². The van der Waals surface area contributed by atoms with Gasteiger partial charge in [-0.15, -0.1) is 0 Å². The molecule has 28 heavy (non-hydrogen) atoms. The maximum atomic E-state index is 12.0. The molecule has 0 heterocycles.